The van der Waals surface area contributed by atoms with Crippen molar-refractivity contribution in [2.45, 2.75) is 52.5 Å². The number of benzene rings is 1. The third-order valence-electron chi connectivity index (χ3n) is 3.39. The van der Waals surface area contributed by atoms with Crippen molar-refractivity contribution in [3.8, 4) is 0 Å². The molecule has 2 atom stereocenters. The van der Waals surface area contributed by atoms with Gasteiger partial charge < -0.3 is 5.73 Å². The van der Waals surface area contributed by atoms with Gasteiger partial charge in [0.15, 0.2) is 5.78 Å². The molecule has 0 saturated heterocycles. The van der Waals surface area contributed by atoms with E-state index >= 15 is 0 Å². The summed E-state index contributed by atoms with van der Waals surface area (Å²) in [5.74, 6) is 0.346. The molecule has 2 N–H and O–H groups in total. The predicted molar refractivity (Wildman–Crippen MR) is 76.8 cm³/mol. The van der Waals surface area contributed by atoms with Crippen molar-refractivity contribution in [2.24, 2.45) is 11.7 Å². The van der Waals surface area contributed by atoms with E-state index in [0.29, 0.717) is 0 Å². The zero-order valence-corrected chi connectivity index (χ0v) is 11.8. The Labute approximate surface area is 111 Å². The molecule has 1 rings (SSSR count). The van der Waals surface area contributed by atoms with Crippen molar-refractivity contribution < 1.29 is 4.79 Å². The summed E-state index contributed by atoms with van der Waals surface area (Å²) in [6.07, 6.45) is 3.96. The average molecular weight is 247 g/mol. The SMILES string of the molecule is CCc1ccc(C(=O)C(C)CCCC(C)N)cc1. The summed E-state index contributed by atoms with van der Waals surface area (Å²) in [4.78, 5) is 12.2. The second-order valence-corrected chi connectivity index (χ2v) is 5.22. The molecule has 0 fully saturated rings. The van der Waals surface area contributed by atoms with E-state index in [2.05, 4.69) is 6.92 Å². The minimum atomic E-state index is 0.0937. The molecule has 0 aromatic heterocycles. The average Bonchev–Trinajstić information content (AvgIpc) is 2.37. The number of aryl methyl sites for hydroxylation is 1. The van der Waals surface area contributed by atoms with Gasteiger partial charge in [0.05, 0.1) is 0 Å². The molecule has 18 heavy (non-hydrogen) atoms. The van der Waals surface area contributed by atoms with Crippen LogP contribution in [0.5, 0.6) is 0 Å². The molecule has 0 saturated carbocycles. The van der Waals surface area contributed by atoms with Crippen molar-refractivity contribution in [1.82, 2.24) is 0 Å². The van der Waals surface area contributed by atoms with Crippen LogP contribution in [0.1, 0.15) is 56.0 Å². The maximum atomic E-state index is 12.2. The first-order valence-corrected chi connectivity index (χ1v) is 6.93. The lowest BCUT2D eigenvalue weighted by atomic mass is 9.93. The van der Waals surface area contributed by atoms with Crippen molar-refractivity contribution >= 4 is 5.78 Å². The molecule has 2 unspecified atom stereocenters. The Balaban J connectivity index is 2.51. The number of ketones is 1. The highest BCUT2D eigenvalue weighted by Gasteiger charge is 2.14. The highest BCUT2D eigenvalue weighted by Crippen LogP contribution is 2.16. The van der Waals surface area contributed by atoms with Crippen LogP contribution in [-0.4, -0.2) is 11.8 Å². The maximum Gasteiger partial charge on any atom is 0.165 e. The van der Waals surface area contributed by atoms with Crippen LogP contribution in [0.15, 0.2) is 24.3 Å². The van der Waals surface area contributed by atoms with E-state index in [9.17, 15) is 4.79 Å². The van der Waals surface area contributed by atoms with Gasteiger partial charge in [0.2, 0.25) is 0 Å². The second-order valence-electron chi connectivity index (χ2n) is 5.22. The Morgan fingerprint density at radius 2 is 1.78 bits per heavy atom. The fourth-order valence-electron chi connectivity index (χ4n) is 2.07. The van der Waals surface area contributed by atoms with Crippen LogP contribution in [0, 0.1) is 5.92 Å². The van der Waals surface area contributed by atoms with E-state index in [1.165, 1.54) is 5.56 Å². The number of Topliss-reactive ketones (excluding diaryl/α,β-unsaturated/α-hetero) is 1. The Morgan fingerprint density at radius 1 is 1.17 bits per heavy atom. The van der Waals surface area contributed by atoms with E-state index in [1.54, 1.807) is 0 Å². The fourth-order valence-corrected chi connectivity index (χ4v) is 2.07. The van der Waals surface area contributed by atoms with Crippen LogP contribution in [0.4, 0.5) is 0 Å². The zero-order valence-electron chi connectivity index (χ0n) is 11.8. The van der Waals surface area contributed by atoms with Crippen molar-refractivity contribution in [3.63, 3.8) is 0 Å². The fraction of sp³-hybridized carbons (Fsp3) is 0.562. The van der Waals surface area contributed by atoms with Crippen LogP contribution in [-0.2, 0) is 6.42 Å². The molecular weight excluding hydrogens is 222 g/mol. The summed E-state index contributed by atoms with van der Waals surface area (Å²) in [6, 6.07) is 8.21. The Kier molecular flexibility index (Phi) is 6.06. The van der Waals surface area contributed by atoms with Crippen LogP contribution in [0.2, 0.25) is 0 Å². The van der Waals surface area contributed by atoms with Gasteiger partial charge >= 0.3 is 0 Å². The molecule has 1 aromatic carbocycles. The van der Waals surface area contributed by atoms with Gasteiger partial charge in [-0.1, -0.05) is 44.5 Å². The Hall–Kier alpha value is -1.15. The molecular formula is C16H25NO. The van der Waals surface area contributed by atoms with Gasteiger partial charge in [-0.3, -0.25) is 4.79 Å². The molecule has 2 nitrogen and oxygen atoms in total. The quantitative estimate of drug-likeness (QED) is 0.748. The molecule has 100 valence electrons. The van der Waals surface area contributed by atoms with E-state index in [1.807, 2.05) is 38.1 Å². The highest BCUT2D eigenvalue weighted by molar-refractivity contribution is 5.97. The number of hydrogen-bond acceptors (Lipinski definition) is 2. The van der Waals surface area contributed by atoms with Gasteiger partial charge in [0, 0.05) is 17.5 Å². The lowest BCUT2D eigenvalue weighted by molar-refractivity contribution is 0.0922. The number of carbonyl (C=O) groups is 1. The second kappa shape index (κ2) is 7.32. The summed E-state index contributed by atoms with van der Waals surface area (Å²) >= 11 is 0. The molecule has 0 aliphatic carbocycles. The zero-order chi connectivity index (χ0) is 13.5. The molecule has 0 bridgehead atoms. The van der Waals surface area contributed by atoms with Gasteiger partial charge in [-0.15, -0.1) is 0 Å². The van der Waals surface area contributed by atoms with Crippen LogP contribution >= 0.6 is 0 Å². The van der Waals surface area contributed by atoms with Crippen molar-refractivity contribution in [2.75, 3.05) is 0 Å². The van der Waals surface area contributed by atoms with Gasteiger partial charge in [-0.05, 0) is 31.7 Å². The van der Waals surface area contributed by atoms with Crippen LogP contribution < -0.4 is 5.73 Å². The molecule has 2 heteroatoms. The highest BCUT2D eigenvalue weighted by atomic mass is 16.1. The van der Waals surface area contributed by atoms with Gasteiger partial charge in [-0.25, -0.2) is 0 Å². The first kappa shape index (κ1) is 14.9. The van der Waals surface area contributed by atoms with E-state index in [-0.39, 0.29) is 17.7 Å². The lowest BCUT2D eigenvalue weighted by Crippen LogP contribution is -2.16. The van der Waals surface area contributed by atoms with Crippen LogP contribution in [0.25, 0.3) is 0 Å². The minimum absolute atomic E-state index is 0.0937. The Morgan fingerprint density at radius 3 is 2.28 bits per heavy atom. The predicted octanol–water partition coefficient (Wildman–Crippen LogP) is 3.59. The number of carbonyl (C=O) groups excluding carboxylic acids is 1. The summed E-state index contributed by atoms with van der Waals surface area (Å²) in [5.41, 5.74) is 7.82. The minimum Gasteiger partial charge on any atom is -0.328 e. The van der Waals surface area contributed by atoms with E-state index in [4.69, 9.17) is 5.73 Å². The summed E-state index contributed by atoms with van der Waals surface area (Å²) in [7, 11) is 0. The first-order chi connectivity index (χ1) is 8.54. The first-order valence-electron chi connectivity index (χ1n) is 6.93. The monoisotopic (exact) mass is 247 g/mol. The third-order valence-corrected chi connectivity index (χ3v) is 3.39. The summed E-state index contributed by atoms with van der Waals surface area (Å²) in [5, 5.41) is 0. The van der Waals surface area contributed by atoms with E-state index < -0.39 is 0 Å². The van der Waals surface area contributed by atoms with Crippen molar-refractivity contribution in [1.29, 1.82) is 0 Å². The van der Waals surface area contributed by atoms with Crippen LogP contribution in [0.3, 0.4) is 0 Å². The number of nitrogens with two attached hydrogens (primary N) is 1. The summed E-state index contributed by atoms with van der Waals surface area (Å²) in [6.45, 7) is 6.14. The molecule has 0 amide bonds. The normalized spacial score (nSPS) is 14.2. The smallest absolute Gasteiger partial charge is 0.165 e. The molecule has 0 aliphatic heterocycles. The topological polar surface area (TPSA) is 43.1 Å². The standard InChI is InChI=1S/C16H25NO/c1-4-14-8-10-15(11-9-14)16(18)12(2)6-5-7-13(3)17/h8-13H,4-7,17H2,1-3H3. The third kappa shape index (κ3) is 4.61. The molecule has 0 heterocycles. The molecule has 0 aliphatic rings. The van der Waals surface area contributed by atoms with Gasteiger partial charge in [0.1, 0.15) is 0 Å². The molecule has 0 radical (unpaired) electrons. The van der Waals surface area contributed by atoms with E-state index in [0.717, 1.165) is 31.2 Å². The molecule has 0 spiro atoms. The Bertz CT molecular complexity index is 367. The maximum absolute atomic E-state index is 12.2. The van der Waals surface area contributed by atoms with Gasteiger partial charge in [0.25, 0.3) is 0 Å². The van der Waals surface area contributed by atoms with Crippen molar-refractivity contribution in [3.05, 3.63) is 35.4 Å². The van der Waals surface area contributed by atoms with Gasteiger partial charge in [-0.2, -0.15) is 0 Å². The summed E-state index contributed by atoms with van der Waals surface area (Å²) < 4.78 is 0. The lowest BCUT2D eigenvalue weighted by Gasteiger charge is -2.11. The molecule has 1 aromatic rings. The largest absolute Gasteiger partial charge is 0.328 e. The number of hydrogen-bond donors (Lipinski definition) is 1. The number of rotatable bonds is 7.